The van der Waals surface area contributed by atoms with Gasteiger partial charge in [-0.15, -0.1) is 23.7 Å². The van der Waals surface area contributed by atoms with Gasteiger partial charge in [0.25, 0.3) is 5.91 Å². The fourth-order valence-corrected chi connectivity index (χ4v) is 4.52. The summed E-state index contributed by atoms with van der Waals surface area (Å²) in [6.45, 7) is 5.94. The maximum Gasteiger partial charge on any atom is 0.264 e. The van der Waals surface area contributed by atoms with Gasteiger partial charge in [0.2, 0.25) is 0 Å². The number of piperazine rings is 1. The summed E-state index contributed by atoms with van der Waals surface area (Å²) in [5.41, 5.74) is 0. The number of amides is 1. The predicted octanol–water partition coefficient (Wildman–Crippen LogP) is 2.44. The molecule has 0 saturated carbocycles. The summed E-state index contributed by atoms with van der Waals surface area (Å²) in [6, 6.07) is 10.9. The highest BCUT2D eigenvalue weighted by Gasteiger charge is 2.28. The number of nitrogens with zero attached hydrogens (tertiary/aromatic N) is 2. The largest absolute Gasteiger partial charge is 0.335 e. The molecule has 0 radical (unpaired) electrons. The lowest BCUT2D eigenvalue weighted by molar-refractivity contribution is 0.0588. The van der Waals surface area contributed by atoms with Crippen molar-refractivity contribution in [3.05, 3.63) is 35.2 Å². The van der Waals surface area contributed by atoms with Crippen molar-refractivity contribution in [2.45, 2.75) is 12.5 Å². The summed E-state index contributed by atoms with van der Waals surface area (Å²) in [6.07, 6.45) is 1.24. The summed E-state index contributed by atoms with van der Waals surface area (Å²) in [7, 11) is 0. The number of halogens is 1. The number of nitrogens with one attached hydrogen (secondary N) is 1. The van der Waals surface area contributed by atoms with Crippen LogP contribution in [0.25, 0.3) is 10.1 Å². The van der Waals surface area contributed by atoms with Gasteiger partial charge >= 0.3 is 0 Å². The number of hydrogen-bond acceptors (Lipinski definition) is 4. The van der Waals surface area contributed by atoms with Crippen molar-refractivity contribution >= 4 is 39.7 Å². The minimum absolute atomic E-state index is 0. The molecule has 1 unspecified atom stereocenters. The first-order valence-electron chi connectivity index (χ1n) is 8.04. The van der Waals surface area contributed by atoms with E-state index in [0.717, 1.165) is 44.1 Å². The Bertz CT molecular complexity index is 642. The Morgan fingerprint density at radius 2 is 1.96 bits per heavy atom. The molecule has 2 fully saturated rings. The Morgan fingerprint density at radius 3 is 2.65 bits per heavy atom. The lowest BCUT2D eigenvalue weighted by Crippen LogP contribution is -2.52. The standard InChI is InChI=1S/C17H21N3OS.ClH/c21-17(16-11-13-3-1-2-4-15(13)22-16)20-9-7-19(8-10-20)14-5-6-18-12-14;/h1-4,11,14,18H,5-10,12H2;1H. The Morgan fingerprint density at radius 1 is 1.17 bits per heavy atom. The van der Waals surface area contributed by atoms with Gasteiger partial charge in [0.05, 0.1) is 4.88 Å². The molecule has 1 atom stereocenters. The van der Waals surface area contributed by atoms with Gasteiger partial charge in [0, 0.05) is 43.5 Å². The van der Waals surface area contributed by atoms with Crippen LogP contribution in [0.1, 0.15) is 16.1 Å². The second kappa shape index (κ2) is 7.18. The highest BCUT2D eigenvalue weighted by atomic mass is 35.5. The summed E-state index contributed by atoms with van der Waals surface area (Å²) in [5, 5.41) is 4.60. The number of carbonyl (C=O) groups excluding carboxylic acids is 1. The van der Waals surface area contributed by atoms with Crippen molar-refractivity contribution < 1.29 is 4.79 Å². The minimum atomic E-state index is 0. The van der Waals surface area contributed by atoms with Crippen LogP contribution in [-0.4, -0.2) is 61.0 Å². The van der Waals surface area contributed by atoms with Gasteiger partial charge in [-0.25, -0.2) is 0 Å². The monoisotopic (exact) mass is 351 g/mol. The van der Waals surface area contributed by atoms with Crippen LogP contribution < -0.4 is 5.32 Å². The van der Waals surface area contributed by atoms with Crippen molar-refractivity contribution in [1.82, 2.24) is 15.1 Å². The zero-order valence-electron chi connectivity index (χ0n) is 13.0. The fourth-order valence-electron chi connectivity index (χ4n) is 3.48. The molecular formula is C17H22ClN3OS. The van der Waals surface area contributed by atoms with Crippen LogP contribution in [0.5, 0.6) is 0 Å². The van der Waals surface area contributed by atoms with E-state index in [-0.39, 0.29) is 18.3 Å². The SMILES string of the molecule is Cl.O=C(c1cc2ccccc2s1)N1CCN(C2CCNC2)CC1. The number of rotatable bonds is 2. The zero-order valence-corrected chi connectivity index (χ0v) is 14.7. The van der Waals surface area contributed by atoms with Gasteiger partial charge in [-0.3, -0.25) is 9.69 Å². The molecule has 1 aromatic heterocycles. The topological polar surface area (TPSA) is 35.6 Å². The van der Waals surface area contributed by atoms with Crippen LogP contribution in [-0.2, 0) is 0 Å². The number of benzene rings is 1. The summed E-state index contributed by atoms with van der Waals surface area (Å²) in [4.78, 5) is 18.1. The van der Waals surface area contributed by atoms with E-state index in [4.69, 9.17) is 0 Å². The van der Waals surface area contributed by atoms with Crippen LogP contribution in [0.15, 0.2) is 30.3 Å². The van der Waals surface area contributed by atoms with E-state index in [2.05, 4.69) is 22.3 Å². The van der Waals surface area contributed by atoms with Crippen molar-refractivity contribution in [3.8, 4) is 0 Å². The van der Waals surface area contributed by atoms with E-state index in [9.17, 15) is 4.79 Å². The molecule has 1 aromatic carbocycles. The lowest BCUT2D eigenvalue weighted by atomic mass is 10.2. The van der Waals surface area contributed by atoms with Crippen LogP contribution in [0.4, 0.5) is 0 Å². The van der Waals surface area contributed by atoms with Crippen LogP contribution in [0, 0.1) is 0 Å². The molecule has 2 aliphatic heterocycles. The molecule has 124 valence electrons. The van der Waals surface area contributed by atoms with E-state index >= 15 is 0 Å². The Labute approximate surface area is 146 Å². The zero-order chi connectivity index (χ0) is 14.9. The minimum Gasteiger partial charge on any atom is -0.335 e. The van der Waals surface area contributed by atoms with Crippen molar-refractivity contribution in [2.75, 3.05) is 39.3 Å². The molecule has 0 aliphatic carbocycles. The summed E-state index contributed by atoms with van der Waals surface area (Å²) in [5.74, 6) is 0.199. The lowest BCUT2D eigenvalue weighted by Gasteiger charge is -2.37. The average molecular weight is 352 g/mol. The van der Waals surface area contributed by atoms with E-state index in [1.54, 1.807) is 11.3 Å². The Hall–Kier alpha value is -1.14. The Kier molecular flexibility index (Phi) is 5.21. The molecule has 0 spiro atoms. The molecule has 1 N–H and O–H groups in total. The van der Waals surface area contributed by atoms with Crippen molar-refractivity contribution in [2.24, 2.45) is 0 Å². The fraction of sp³-hybridized carbons (Fsp3) is 0.471. The molecule has 2 aromatic rings. The maximum atomic E-state index is 12.7. The normalized spacial score (nSPS) is 22.3. The van der Waals surface area contributed by atoms with Gasteiger partial charge in [-0.05, 0) is 30.5 Å². The van der Waals surface area contributed by atoms with E-state index < -0.39 is 0 Å². The van der Waals surface area contributed by atoms with Crippen molar-refractivity contribution in [1.29, 1.82) is 0 Å². The van der Waals surface area contributed by atoms with Gasteiger partial charge in [0.15, 0.2) is 0 Å². The quantitative estimate of drug-likeness (QED) is 0.902. The number of carbonyl (C=O) groups is 1. The van der Waals surface area contributed by atoms with Gasteiger partial charge in [0.1, 0.15) is 0 Å². The highest BCUT2D eigenvalue weighted by molar-refractivity contribution is 7.20. The third kappa shape index (κ3) is 3.38. The smallest absolute Gasteiger partial charge is 0.264 e. The molecule has 4 nitrogen and oxygen atoms in total. The third-order valence-corrected chi connectivity index (χ3v) is 5.89. The van der Waals surface area contributed by atoms with Crippen LogP contribution in [0.3, 0.4) is 0 Å². The van der Waals surface area contributed by atoms with Gasteiger partial charge in [-0.1, -0.05) is 18.2 Å². The third-order valence-electron chi connectivity index (χ3n) is 4.79. The molecule has 3 heterocycles. The second-order valence-corrected chi connectivity index (χ2v) is 7.21. The van der Waals surface area contributed by atoms with Crippen LogP contribution in [0.2, 0.25) is 0 Å². The molecular weight excluding hydrogens is 330 g/mol. The molecule has 1 amide bonds. The van der Waals surface area contributed by atoms with E-state index in [1.807, 2.05) is 23.1 Å². The summed E-state index contributed by atoms with van der Waals surface area (Å²) < 4.78 is 1.20. The van der Waals surface area contributed by atoms with Crippen molar-refractivity contribution in [3.63, 3.8) is 0 Å². The maximum absolute atomic E-state index is 12.7. The molecule has 0 bridgehead atoms. The number of fused-ring (bicyclic) bond motifs is 1. The van der Waals surface area contributed by atoms with Gasteiger partial charge in [-0.2, -0.15) is 0 Å². The number of hydrogen-bond donors (Lipinski definition) is 1. The van der Waals surface area contributed by atoms with E-state index in [1.165, 1.54) is 16.5 Å². The first kappa shape index (κ1) is 16.7. The molecule has 2 saturated heterocycles. The highest BCUT2D eigenvalue weighted by Crippen LogP contribution is 2.26. The average Bonchev–Trinajstić information content (AvgIpc) is 3.23. The van der Waals surface area contributed by atoms with Crippen LogP contribution >= 0.6 is 23.7 Å². The van der Waals surface area contributed by atoms with E-state index in [0.29, 0.717) is 6.04 Å². The molecule has 2 aliphatic rings. The first-order chi connectivity index (χ1) is 10.8. The first-order valence-corrected chi connectivity index (χ1v) is 8.85. The van der Waals surface area contributed by atoms with Gasteiger partial charge < -0.3 is 10.2 Å². The number of thiophene rings is 1. The summed E-state index contributed by atoms with van der Waals surface area (Å²) >= 11 is 1.61. The molecule has 23 heavy (non-hydrogen) atoms. The predicted molar refractivity (Wildman–Crippen MR) is 97.8 cm³/mol. The Balaban J connectivity index is 0.00000156. The molecule has 6 heteroatoms. The second-order valence-electron chi connectivity index (χ2n) is 6.12. The molecule has 4 rings (SSSR count).